The maximum absolute atomic E-state index is 13.4. The first-order chi connectivity index (χ1) is 19.7. The third-order valence-electron chi connectivity index (χ3n) is 8.79. The smallest absolute Gasteiger partial charge is 0.387 e. The summed E-state index contributed by atoms with van der Waals surface area (Å²) >= 11 is 0. The highest BCUT2D eigenvalue weighted by atomic mass is 19.3. The first-order valence-electron chi connectivity index (χ1n) is 13.5. The lowest BCUT2D eigenvalue weighted by Crippen LogP contribution is -2.60. The number of aliphatic hydroxyl groups is 1. The Morgan fingerprint density at radius 1 is 1.15 bits per heavy atom. The third-order valence-corrected chi connectivity index (χ3v) is 8.79. The van der Waals surface area contributed by atoms with Gasteiger partial charge in [-0.25, -0.2) is 14.5 Å². The van der Waals surface area contributed by atoms with Crippen molar-refractivity contribution in [2.45, 2.75) is 43.4 Å². The van der Waals surface area contributed by atoms with E-state index in [9.17, 15) is 18.7 Å². The fraction of sp³-hybridized carbons (Fsp3) is 0.400. The highest BCUT2D eigenvalue weighted by molar-refractivity contribution is 5.81. The molecule has 11 heteroatoms. The lowest BCUT2D eigenvalue weighted by Gasteiger charge is -2.56. The summed E-state index contributed by atoms with van der Waals surface area (Å²) in [5, 5.41) is 15.9. The quantitative estimate of drug-likeness (QED) is 0.333. The second-order valence-electron chi connectivity index (χ2n) is 11.7. The standard InChI is InChI=1S/C30H29F2N5O4/c1-36(2)22-9-20(24-18(12-38)4-3-5-23(24)41-28(31)32)25-21-8-17(6-7-37(21)35-26(22)25)19-10-33-27(34-11-19)30(39)13-29(14-30)15-40-16-29/h3-8,10-12,20,22,28,39H,9,13-16H2,1-2H3. The number of aldehydes is 1. The zero-order chi connectivity index (χ0) is 28.5. The Balaban J connectivity index is 1.29. The molecular formula is C30H29F2N5O4. The molecule has 3 aliphatic rings. The van der Waals surface area contributed by atoms with Crippen molar-refractivity contribution in [3.8, 4) is 16.9 Å². The number of nitrogens with zero attached hydrogens (tertiary/aromatic N) is 5. The van der Waals surface area contributed by atoms with E-state index >= 15 is 0 Å². The number of hydrogen-bond acceptors (Lipinski definition) is 8. The normalized spacial score (nSPS) is 22.1. The summed E-state index contributed by atoms with van der Waals surface area (Å²) in [5.41, 5.74) is 3.88. The molecule has 1 N–H and O–H groups in total. The first-order valence-corrected chi connectivity index (χ1v) is 13.5. The van der Waals surface area contributed by atoms with Crippen LogP contribution in [-0.2, 0) is 10.3 Å². The maximum Gasteiger partial charge on any atom is 0.387 e. The summed E-state index contributed by atoms with van der Waals surface area (Å²) in [6.45, 7) is -1.68. The van der Waals surface area contributed by atoms with Crippen LogP contribution in [0.2, 0.25) is 0 Å². The molecule has 9 nitrogen and oxygen atoms in total. The number of aromatic nitrogens is 4. The van der Waals surface area contributed by atoms with E-state index in [2.05, 4.69) is 9.97 Å². The van der Waals surface area contributed by atoms with Gasteiger partial charge in [0.15, 0.2) is 5.82 Å². The summed E-state index contributed by atoms with van der Waals surface area (Å²) in [6.07, 6.45) is 7.70. The van der Waals surface area contributed by atoms with Crippen molar-refractivity contribution in [3.63, 3.8) is 0 Å². The molecule has 7 rings (SSSR count). The molecule has 2 unspecified atom stereocenters. The van der Waals surface area contributed by atoms with Crippen LogP contribution in [0.15, 0.2) is 48.9 Å². The van der Waals surface area contributed by atoms with Crippen molar-refractivity contribution in [1.82, 2.24) is 24.5 Å². The fourth-order valence-corrected chi connectivity index (χ4v) is 6.93. The van der Waals surface area contributed by atoms with Crippen molar-refractivity contribution < 1.29 is 28.2 Å². The van der Waals surface area contributed by atoms with Gasteiger partial charge in [0.25, 0.3) is 0 Å². The summed E-state index contributed by atoms with van der Waals surface area (Å²) in [5.74, 6) is 0.00855. The van der Waals surface area contributed by atoms with Crippen LogP contribution in [0.4, 0.5) is 8.78 Å². The monoisotopic (exact) mass is 561 g/mol. The van der Waals surface area contributed by atoms with Crippen molar-refractivity contribution in [3.05, 3.63) is 77.1 Å². The Morgan fingerprint density at radius 2 is 1.90 bits per heavy atom. The molecule has 41 heavy (non-hydrogen) atoms. The second kappa shape index (κ2) is 9.37. The lowest BCUT2D eigenvalue weighted by molar-refractivity contribution is -0.247. The van der Waals surface area contributed by atoms with E-state index < -0.39 is 18.1 Å². The molecule has 2 fully saturated rings. The Bertz CT molecular complexity index is 1640. The van der Waals surface area contributed by atoms with E-state index in [4.69, 9.17) is 14.6 Å². The molecule has 4 aromatic rings. The van der Waals surface area contributed by atoms with E-state index in [-0.39, 0.29) is 17.2 Å². The largest absolute Gasteiger partial charge is 0.434 e. The average Bonchev–Trinajstić information content (AvgIpc) is 3.47. The molecule has 212 valence electrons. The van der Waals surface area contributed by atoms with Gasteiger partial charge >= 0.3 is 6.61 Å². The van der Waals surface area contributed by atoms with Crippen LogP contribution >= 0.6 is 0 Å². The number of halogens is 2. The molecule has 2 aliphatic carbocycles. The van der Waals surface area contributed by atoms with E-state index in [1.54, 1.807) is 29.0 Å². The van der Waals surface area contributed by atoms with Crippen LogP contribution < -0.4 is 4.74 Å². The van der Waals surface area contributed by atoms with E-state index in [1.165, 1.54) is 6.07 Å². The second-order valence-corrected chi connectivity index (χ2v) is 11.7. The number of alkyl halides is 2. The molecule has 0 bridgehead atoms. The molecule has 1 aliphatic heterocycles. The number of benzene rings is 1. The van der Waals surface area contributed by atoms with Crippen molar-refractivity contribution >= 4 is 11.8 Å². The summed E-state index contributed by atoms with van der Waals surface area (Å²) in [4.78, 5) is 23.1. The van der Waals surface area contributed by atoms with Crippen molar-refractivity contribution in [2.24, 2.45) is 5.41 Å². The van der Waals surface area contributed by atoms with Gasteiger partial charge in [0.1, 0.15) is 17.6 Å². The number of rotatable bonds is 7. The minimum absolute atomic E-state index is 0.0105. The van der Waals surface area contributed by atoms with Crippen molar-refractivity contribution in [2.75, 3.05) is 27.3 Å². The van der Waals surface area contributed by atoms with Crippen LogP contribution in [0.5, 0.6) is 5.75 Å². The number of pyridine rings is 1. The Hall–Kier alpha value is -3.80. The maximum atomic E-state index is 13.4. The van der Waals surface area contributed by atoms with Gasteiger partial charge in [0.05, 0.1) is 30.5 Å². The molecule has 1 spiro atoms. The molecule has 0 amide bonds. The summed E-state index contributed by atoms with van der Waals surface area (Å²) in [7, 11) is 3.90. The third kappa shape index (κ3) is 4.13. The highest BCUT2D eigenvalue weighted by Gasteiger charge is 2.60. The number of carbonyl (C=O) groups is 1. The predicted octanol–water partition coefficient (Wildman–Crippen LogP) is 4.34. The summed E-state index contributed by atoms with van der Waals surface area (Å²) in [6, 6.07) is 8.44. The van der Waals surface area contributed by atoms with E-state index in [0.29, 0.717) is 55.7 Å². The van der Waals surface area contributed by atoms with Crippen LogP contribution in [0.1, 0.15) is 64.2 Å². The highest BCUT2D eigenvalue weighted by Crippen LogP contribution is 2.57. The van der Waals surface area contributed by atoms with Gasteiger partial charge in [-0.1, -0.05) is 12.1 Å². The van der Waals surface area contributed by atoms with Crippen LogP contribution in [0, 0.1) is 5.41 Å². The van der Waals surface area contributed by atoms with Gasteiger partial charge in [-0.15, -0.1) is 0 Å². The number of fused-ring (bicyclic) bond motifs is 3. The number of hydrogen-bond donors (Lipinski definition) is 1. The van der Waals surface area contributed by atoms with E-state index in [1.807, 2.05) is 37.3 Å². The molecule has 4 heterocycles. The molecule has 0 radical (unpaired) electrons. The molecule has 3 aromatic heterocycles. The molecule has 1 aromatic carbocycles. The number of carbonyl (C=O) groups excluding carboxylic acids is 1. The van der Waals surface area contributed by atoms with Crippen molar-refractivity contribution in [1.29, 1.82) is 0 Å². The van der Waals surface area contributed by atoms with Gasteiger partial charge in [0.2, 0.25) is 0 Å². The van der Waals surface area contributed by atoms with Gasteiger partial charge < -0.3 is 19.5 Å². The van der Waals surface area contributed by atoms with Gasteiger partial charge in [0, 0.05) is 52.2 Å². The predicted molar refractivity (Wildman–Crippen MR) is 144 cm³/mol. The zero-order valence-electron chi connectivity index (χ0n) is 22.6. The van der Waals surface area contributed by atoms with Crippen LogP contribution in [0.25, 0.3) is 16.6 Å². The molecule has 1 saturated heterocycles. The fourth-order valence-electron chi connectivity index (χ4n) is 6.93. The minimum Gasteiger partial charge on any atom is -0.434 e. The van der Waals surface area contributed by atoms with Gasteiger partial charge in [-0.05, 0) is 57.1 Å². The summed E-state index contributed by atoms with van der Waals surface area (Å²) < 4.78 is 38.7. The molecule has 2 atom stereocenters. The Labute approximate surface area is 234 Å². The lowest BCUT2D eigenvalue weighted by atomic mass is 9.57. The SMILES string of the molecule is CN(C)C1CC(c2c(C=O)cccc2OC(F)F)c2c1nn1ccc(-c3cnc(C4(O)CC5(COC5)C4)nc3)cc21. The minimum atomic E-state index is -3.02. The molecular weight excluding hydrogens is 532 g/mol. The average molecular weight is 562 g/mol. The molecule has 1 saturated carbocycles. The van der Waals surface area contributed by atoms with Gasteiger partial charge in [-0.3, -0.25) is 4.79 Å². The van der Waals surface area contributed by atoms with Gasteiger partial charge in [-0.2, -0.15) is 13.9 Å². The number of ether oxygens (including phenoxy) is 2. The van der Waals surface area contributed by atoms with Crippen LogP contribution in [-0.4, -0.2) is 69.8 Å². The van der Waals surface area contributed by atoms with Crippen LogP contribution in [0.3, 0.4) is 0 Å². The Morgan fingerprint density at radius 3 is 2.54 bits per heavy atom. The zero-order valence-corrected chi connectivity index (χ0v) is 22.6. The Kier molecular flexibility index (Phi) is 5.97. The topological polar surface area (TPSA) is 102 Å². The first kappa shape index (κ1) is 26.1. The van der Waals surface area contributed by atoms with E-state index in [0.717, 1.165) is 27.9 Å².